The van der Waals surface area contributed by atoms with Crippen LogP contribution in [0.25, 0.3) is 0 Å². The summed E-state index contributed by atoms with van der Waals surface area (Å²) in [5.74, 6) is 0. The van der Waals surface area contributed by atoms with E-state index in [2.05, 4.69) is 39.3 Å². The molecule has 0 amide bonds. The summed E-state index contributed by atoms with van der Waals surface area (Å²) in [6.07, 6.45) is 0. The quantitative estimate of drug-likeness (QED) is 0.580. The van der Waals surface area contributed by atoms with Gasteiger partial charge in [-0.25, -0.2) is 0 Å². The van der Waals surface area contributed by atoms with E-state index in [-0.39, 0.29) is 0 Å². The third kappa shape index (κ3) is 28.8. The molecule has 0 aliphatic rings. The predicted molar refractivity (Wildman–Crippen MR) is 30.4 cm³/mol. The first-order chi connectivity index (χ1) is 2.00. The molecule has 0 heterocycles. The van der Waals surface area contributed by atoms with E-state index in [4.69, 9.17) is 0 Å². The fourth-order valence-corrected chi connectivity index (χ4v) is 0. The van der Waals surface area contributed by atoms with Gasteiger partial charge in [0.15, 0.2) is 0 Å². The molecule has 0 rings (SSSR count). The Balaban J connectivity index is 6.05. The van der Waals surface area contributed by atoms with E-state index in [1.807, 2.05) is 0 Å². The molecular weight excluding hydrogens is 224 g/mol. The Morgan fingerprint density at radius 1 is 0.800 bits per heavy atom. The van der Waals surface area contributed by atoms with Crippen molar-refractivity contribution in [2.75, 3.05) is 0 Å². The zero-order chi connectivity index (χ0) is 4.50. The number of hydrogen-bond acceptors (Lipinski definition) is 4. The van der Waals surface area contributed by atoms with Gasteiger partial charge in [-0.15, -0.1) is 0 Å². The Bertz CT molecular complexity index is 155. The summed E-state index contributed by atoms with van der Waals surface area (Å²) in [5.41, 5.74) is 0. The maximum absolute atomic E-state index is 4.46. The Morgan fingerprint density at radius 2 is 0.800 bits per heavy atom. The van der Waals surface area contributed by atoms with Crippen LogP contribution in [0.4, 0.5) is 0 Å². The van der Waals surface area contributed by atoms with Gasteiger partial charge in [0.1, 0.15) is 0 Å². The monoisotopic (exact) mass is 226 g/mol. The van der Waals surface area contributed by atoms with E-state index >= 15 is 0 Å². The molecule has 0 saturated heterocycles. The SMILES string of the molecule is [S]=[Mo](=[S])(=[S])=[S]. The first-order valence-corrected chi connectivity index (χ1v) is 11.8. The molecule has 0 aromatic rings. The Morgan fingerprint density at radius 3 is 0.800 bits per heavy atom. The van der Waals surface area contributed by atoms with Gasteiger partial charge >= 0.3 is 48.1 Å². The first-order valence-electron chi connectivity index (χ1n) is 0.667. The van der Waals surface area contributed by atoms with Crippen LogP contribution >= 0.6 is 39.3 Å². The third-order valence-corrected chi connectivity index (χ3v) is 0. The topological polar surface area (TPSA) is 0 Å². The van der Waals surface area contributed by atoms with Crippen molar-refractivity contribution in [2.24, 2.45) is 0 Å². The summed E-state index contributed by atoms with van der Waals surface area (Å²) < 4.78 is 0. The molecule has 0 radical (unpaired) electrons. The Kier molecular flexibility index (Phi) is 2.67. The number of hydrogen-bond donors (Lipinski definition) is 0. The molecule has 0 atom stereocenters. The molecule has 0 aliphatic heterocycles. The second-order valence-corrected chi connectivity index (χ2v) is 21.7. The van der Waals surface area contributed by atoms with Crippen molar-refractivity contribution >= 4 is 39.3 Å². The minimum absolute atomic E-state index is 2.69. The second kappa shape index (κ2) is 2.03. The van der Waals surface area contributed by atoms with Crippen LogP contribution in [-0.4, -0.2) is 0 Å². The normalized spacial score (nSPS) is 8.00. The molecule has 5 heteroatoms. The van der Waals surface area contributed by atoms with Gasteiger partial charge in [0.25, 0.3) is 0 Å². The van der Waals surface area contributed by atoms with E-state index in [0.717, 1.165) is 0 Å². The summed E-state index contributed by atoms with van der Waals surface area (Å²) >= 11 is 0. The van der Waals surface area contributed by atoms with Crippen molar-refractivity contribution in [1.29, 1.82) is 0 Å². The zero-order valence-corrected chi connectivity index (χ0v) is 7.31. The number of rotatable bonds is 0. The average Bonchev–Trinajstić information content (AvgIpc) is 0.722. The Hall–Kier alpha value is 1.57. The molecule has 0 unspecified atom stereocenters. The van der Waals surface area contributed by atoms with Gasteiger partial charge in [-0.3, -0.25) is 0 Å². The van der Waals surface area contributed by atoms with Crippen LogP contribution in [-0.2, 0) is 8.78 Å². The second-order valence-electron chi connectivity index (χ2n) is 0.408. The van der Waals surface area contributed by atoms with E-state index in [1.165, 1.54) is 0 Å². The summed E-state index contributed by atoms with van der Waals surface area (Å²) in [6.45, 7) is 0. The standard InChI is InChI=1S/Mo.4S. The van der Waals surface area contributed by atoms with E-state index < -0.39 is 8.78 Å². The van der Waals surface area contributed by atoms with Gasteiger partial charge in [-0.2, -0.15) is 0 Å². The molecule has 0 saturated carbocycles. The van der Waals surface area contributed by atoms with Gasteiger partial charge in [-0.05, 0) is 0 Å². The fraction of sp³-hybridized carbons (Fsp3) is 0. The molecule has 0 fully saturated rings. The van der Waals surface area contributed by atoms with Crippen LogP contribution in [0.5, 0.6) is 0 Å². The molecule has 5 heavy (non-hydrogen) atoms. The van der Waals surface area contributed by atoms with Crippen LogP contribution in [0.2, 0.25) is 0 Å². The van der Waals surface area contributed by atoms with Gasteiger partial charge < -0.3 is 0 Å². The van der Waals surface area contributed by atoms with Gasteiger partial charge in [0, 0.05) is 0 Å². The average molecular weight is 224 g/mol. The minimum atomic E-state index is -2.69. The molecule has 0 nitrogen and oxygen atoms in total. The first kappa shape index (κ1) is 6.57. The summed E-state index contributed by atoms with van der Waals surface area (Å²) in [5, 5.41) is 0. The summed E-state index contributed by atoms with van der Waals surface area (Å²) in [4.78, 5) is 0. The van der Waals surface area contributed by atoms with Crippen molar-refractivity contribution in [2.45, 2.75) is 0 Å². The fourth-order valence-electron chi connectivity index (χ4n) is 0. The van der Waals surface area contributed by atoms with Crippen LogP contribution in [0.15, 0.2) is 0 Å². The van der Waals surface area contributed by atoms with Crippen molar-refractivity contribution in [3.63, 3.8) is 0 Å². The van der Waals surface area contributed by atoms with Gasteiger partial charge in [0.2, 0.25) is 0 Å². The molecular formula is MoS4. The van der Waals surface area contributed by atoms with Gasteiger partial charge in [0.05, 0.1) is 0 Å². The molecule has 0 bridgehead atoms. The van der Waals surface area contributed by atoms with Gasteiger partial charge in [-0.1, -0.05) is 0 Å². The molecule has 0 aromatic heterocycles. The third-order valence-electron chi connectivity index (χ3n) is 0. The molecule has 0 aliphatic carbocycles. The summed E-state index contributed by atoms with van der Waals surface area (Å²) in [6, 6.07) is 0. The van der Waals surface area contributed by atoms with Crippen LogP contribution < -0.4 is 0 Å². The Labute approximate surface area is 47.5 Å². The van der Waals surface area contributed by atoms with Crippen LogP contribution in [0.1, 0.15) is 0 Å². The van der Waals surface area contributed by atoms with E-state index in [9.17, 15) is 0 Å². The van der Waals surface area contributed by atoms with Crippen molar-refractivity contribution in [1.82, 2.24) is 0 Å². The van der Waals surface area contributed by atoms with E-state index in [1.54, 1.807) is 0 Å². The molecule has 0 N–H and O–H groups in total. The summed E-state index contributed by atoms with van der Waals surface area (Å²) in [7, 11) is 15.2. The van der Waals surface area contributed by atoms with Crippen LogP contribution in [0.3, 0.4) is 0 Å². The maximum atomic E-state index is 4.46. The van der Waals surface area contributed by atoms with Crippen LogP contribution in [0, 0.1) is 0 Å². The molecule has 30 valence electrons. The van der Waals surface area contributed by atoms with E-state index in [0.29, 0.717) is 0 Å². The van der Waals surface area contributed by atoms with Crippen molar-refractivity contribution in [3.8, 4) is 0 Å². The predicted octanol–water partition coefficient (Wildman–Crippen LogP) is 2.59. The van der Waals surface area contributed by atoms with Crippen molar-refractivity contribution < 1.29 is 8.78 Å². The zero-order valence-electron chi connectivity index (χ0n) is 2.04. The molecule has 0 spiro atoms. The molecule has 0 aromatic carbocycles. The van der Waals surface area contributed by atoms with Crippen molar-refractivity contribution in [3.05, 3.63) is 0 Å².